The standard InChI is InChI=1S/C21H25N3O5/c1-14-11-17(19(25)7-8-20(26)23-10-9-22)12-15(2)21(14)29-13-16-3-5-18(6-4-16)24(27)28/h3-6,11-12H,7-10,13,22H2,1-2H3,(H,23,26). The molecule has 0 atom stereocenters. The number of carbonyl (C=O) groups is 2. The minimum atomic E-state index is -0.448. The molecule has 0 aliphatic rings. The van der Waals surface area contributed by atoms with Crippen LogP contribution in [0.25, 0.3) is 0 Å². The maximum Gasteiger partial charge on any atom is 0.269 e. The zero-order chi connectivity index (χ0) is 21.4. The Balaban J connectivity index is 2.00. The van der Waals surface area contributed by atoms with Crippen LogP contribution in [0.2, 0.25) is 0 Å². The summed E-state index contributed by atoms with van der Waals surface area (Å²) in [6.45, 7) is 4.71. The molecule has 0 unspecified atom stereocenters. The SMILES string of the molecule is Cc1cc(C(=O)CCC(=O)NCCN)cc(C)c1OCc1ccc([N+](=O)[O-])cc1. The number of nitrogens with two attached hydrogens (primary N) is 1. The number of Topliss-reactive ketones (excluding diaryl/α,β-unsaturated/α-hetero) is 1. The predicted molar refractivity (Wildman–Crippen MR) is 109 cm³/mol. The first-order valence-corrected chi connectivity index (χ1v) is 9.29. The van der Waals surface area contributed by atoms with Gasteiger partial charge in [0.1, 0.15) is 12.4 Å². The molecule has 0 aromatic heterocycles. The number of nitro groups is 1. The van der Waals surface area contributed by atoms with Crippen LogP contribution in [-0.2, 0) is 11.4 Å². The highest BCUT2D eigenvalue weighted by molar-refractivity contribution is 5.98. The van der Waals surface area contributed by atoms with Crippen molar-refractivity contribution < 1.29 is 19.2 Å². The molecule has 0 bridgehead atoms. The maximum absolute atomic E-state index is 12.4. The number of nitro benzene ring substituents is 1. The number of hydrogen-bond acceptors (Lipinski definition) is 6. The van der Waals surface area contributed by atoms with Gasteiger partial charge in [0.15, 0.2) is 5.78 Å². The Kier molecular flexibility index (Phi) is 7.85. The molecule has 29 heavy (non-hydrogen) atoms. The summed E-state index contributed by atoms with van der Waals surface area (Å²) in [6, 6.07) is 9.66. The third-order valence-corrected chi connectivity index (χ3v) is 4.36. The van der Waals surface area contributed by atoms with Gasteiger partial charge in [-0.25, -0.2) is 0 Å². The second-order valence-electron chi connectivity index (χ2n) is 6.71. The summed E-state index contributed by atoms with van der Waals surface area (Å²) in [4.78, 5) is 34.3. The highest BCUT2D eigenvalue weighted by Gasteiger charge is 2.14. The number of ketones is 1. The van der Waals surface area contributed by atoms with E-state index in [0.717, 1.165) is 16.7 Å². The van der Waals surface area contributed by atoms with Crippen LogP contribution < -0.4 is 15.8 Å². The van der Waals surface area contributed by atoms with Crippen molar-refractivity contribution in [2.75, 3.05) is 13.1 Å². The van der Waals surface area contributed by atoms with Crippen LogP contribution in [0.4, 0.5) is 5.69 Å². The molecule has 8 heteroatoms. The number of nitrogens with one attached hydrogen (secondary N) is 1. The molecule has 0 saturated carbocycles. The van der Waals surface area contributed by atoms with Crippen LogP contribution in [0.3, 0.4) is 0 Å². The number of ether oxygens (including phenoxy) is 1. The van der Waals surface area contributed by atoms with Gasteiger partial charge >= 0.3 is 0 Å². The lowest BCUT2D eigenvalue weighted by atomic mass is 10.00. The lowest BCUT2D eigenvalue weighted by Gasteiger charge is -2.14. The summed E-state index contributed by atoms with van der Waals surface area (Å²) >= 11 is 0. The molecule has 0 spiro atoms. The number of hydrogen-bond donors (Lipinski definition) is 2. The van der Waals surface area contributed by atoms with Gasteiger partial charge in [0.2, 0.25) is 5.91 Å². The Bertz CT molecular complexity index is 871. The molecular weight excluding hydrogens is 374 g/mol. The second-order valence-corrected chi connectivity index (χ2v) is 6.71. The quantitative estimate of drug-likeness (QED) is 0.360. The van der Waals surface area contributed by atoms with Crippen LogP contribution >= 0.6 is 0 Å². The van der Waals surface area contributed by atoms with Gasteiger partial charge in [0.25, 0.3) is 5.69 Å². The molecular formula is C21H25N3O5. The van der Waals surface area contributed by atoms with E-state index in [0.29, 0.717) is 24.4 Å². The Labute approximate surface area is 169 Å². The predicted octanol–water partition coefficient (Wildman–Crippen LogP) is 2.83. The van der Waals surface area contributed by atoms with E-state index in [1.807, 2.05) is 13.8 Å². The summed E-state index contributed by atoms with van der Waals surface area (Å²) in [6.07, 6.45) is 0.244. The molecule has 0 aliphatic carbocycles. The minimum Gasteiger partial charge on any atom is -0.488 e. The molecule has 3 N–H and O–H groups in total. The van der Waals surface area contributed by atoms with Gasteiger partial charge in [0.05, 0.1) is 4.92 Å². The molecule has 0 aliphatic heterocycles. The smallest absolute Gasteiger partial charge is 0.269 e. The van der Waals surface area contributed by atoms with E-state index in [1.54, 1.807) is 24.3 Å². The van der Waals surface area contributed by atoms with E-state index in [1.165, 1.54) is 12.1 Å². The van der Waals surface area contributed by atoms with E-state index in [9.17, 15) is 19.7 Å². The van der Waals surface area contributed by atoms with Gasteiger partial charge in [0, 0.05) is 43.6 Å². The highest BCUT2D eigenvalue weighted by Crippen LogP contribution is 2.27. The average Bonchev–Trinajstić information content (AvgIpc) is 2.69. The summed E-state index contributed by atoms with van der Waals surface area (Å²) in [7, 11) is 0. The Morgan fingerprint density at radius 3 is 2.28 bits per heavy atom. The molecule has 0 fully saturated rings. The van der Waals surface area contributed by atoms with Crippen molar-refractivity contribution >= 4 is 17.4 Å². The highest BCUT2D eigenvalue weighted by atomic mass is 16.6. The first-order valence-electron chi connectivity index (χ1n) is 9.29. The summed E-state index contributed by atoms with van der Waals surface area (Å²) < 4.78 is 5.87. The fourth-order valence-corrected chi connectivity index (χ4v) is 2.88. The van der Waals surface area contributed by atoms with E-state index >= 15 is 0 Å². The van der Waals surface area contributed by atoms with Crippen molar-refractivity contribution in [2.45, 2.75) is 33.3 Å². The molecule has 2 aromatic carbocycles. The average molecular weight is 399 g/mol. The molecule has 8 nitrogen and oxygen atoms in total. The van der Waals surface area contributed by atoms with Crippen LogP contribution in [0, 0.1) is 24.0 Å². The third-order valence-electron chi connectivity index (χ3n) is 4.36. The largest absolute Gasteiger partial charge is 0.488 e. The number of aryl methyl sites for hydroxylation is 2. The first-order chi connectivity index (χ1) is 13.8. The molecule has 154 valence electrons. The van der Waals surface area contributed by atoms with Gasteiger partial charge in [-0.1, -0.05) is 0 Å². The number of benzene rings is 2. The number of carbonyl (C=O) groups excluding carboxylic acids is 2. The van der Waals surface area contributed by atoms with E-state index < -0.39 is 4.92 Å². The molecule has 2 rings (SSSR count). The molecule has 0 radical (unpaired) electrons. The van der Waals surface area contributed by atoms with Gasteiger partial charge in [-0.2, -0.15) is 0 Å². The third kappa shape index (κ3) is 6.39. The van der Waals surface area contributed by atoms with Crippen molar-refractivity contribution in [1.82, 2.24) is 5.32 Å². The topological polar surface area (TPSA) is 125 Å². The van der Waals surface area contributed by atoms with Crippen LogP contribution in [0.5, 0.6) is 5.75 Å². The molecule has 0 saturated heterocycles. The van der Waals surface area contributed by atoms with Crippen molar-refractivity contribution in [2.24, 2.45) is 5.73 Å². The van der Waals surface area contributed by atoms with Crippen molar-refractivity contribution in [3.63, 3.8) is 0 Å². The zero-order valence-corrected chi connectivity index (χ0v) is 16.6. The monoisotopic (exact) mass is 399 g/mol. The van der Waals surface area contributed by atoms with Crippen LogP contribution in [-0.4, -0.2) is 29.7 Å². The van der Waals surface area contributed by atoms with Gasteiger partial charge in [-0.3, -0.25) is 19.7 Å². The number of non-ortho nitro benzene ring substituents is 1. The molecule has 1 amide bonds. The first kappa shape index (κ1) is 22.0. The summed E-state index contributed by atoms with van der Waals surface area (Å²) in [5.41, 5.74) is 8.32. The molecule has 0 heterocycles. The van der Waals surface area contributed by atoms with Crippen molar-refractivity contribution in [1.29, 1.82) is 0 Å². The van der Waals surface area contributed by atoms with Crippen molar-refractivity contribution in [3.05, 3.63) is 68.8 Å². The van der Waals surface area contributed by atoms with E-state index in [4.69, 9.17) is 10.5 Å². The number of nitrogens with zero attached hydrogens (tertiary/aromatic N) is 1. The fraction of sp³-hybridized carbons (Fsp3) is 0.333. The zero-order valence-electron chi connectivity index (χ0n) is 16.6. The Morgan fingerprint density at radius 2 is 1.72 bits per heavy atom. The summed E-state index contributed by atoms with van der Waals surface area (Å²) in [5, 5.41) is 13.4. The van der Waals surface area contributed by atoms with Crippen molar-refractivity contribution in [3.8, 4) is 5.75 Å². The van der Waals surface area contributed by atoms with E-state index in [-0.39, 0.29) is 36.8 Å². The lowest BCUT2D eigenvalue weighted by Crippen LogP contribution is -2.29. The number of amides is 1. The lowest BCUT2D eigenvalue weighted by molar-refractivity contribution is -0.384. The summed E-state index contributed by atoms with van der Waals surface area (Å²) in [5.74, 6) is 0.363. The van der Waals surface area contributed by atoms with Gasteiger partial charge in [-0.05, 0) is 54.8 Å². The second kappa shape index (κ2) is 10.3. The fourth-order valence-electron chi connectivity index (χ4n) is 2.88. The Morgan fingerprint density at radius 1 is 1.10 bits per heavy atom. The van der Waals surface area contributed by atoms with Gasteiger partial charge in [-0.15, -0.1) is 0 Å². The Hall–Kier alpha value is -3.26. The minimum absolute atomic E-state index is 0.0284. The normalized spacial score (nSPS) is 10.4. The molecule has 2 aromatic rings. The maximum atomic E-state index is 12.4. The van der Waals surface area contributed by atoms with Crippen LogP contribution in [0.15, 0.2) is 36.4 Å². The van der Waals surface area contributed by atoms with E-state index in [2.05, 4.69) is 5.32 Å². The van der Waals surface area contributed by atoms with Crippen LogP contribution in [0.1, 0.15) is 39.9 Å². The van der Waals surface area contributed by atoms with Gasteiger partial charge < -0.3 is 15.8 Å². The number of rotatable bonds is 10.